The van der Waals surface area contributed by atoms with Gasteiger partial charge in [0.1, 0.15) is 11.5 Å². The van der Waals surface area contributed by atoms with Crippen LogP contribution in [0.25, 0.3) is 16.5 Å². The molecule has 0 radical (unpaired) electrons. The van der Waals surface area contributed by atoms with Crippen molar-refractivity contribution in [3.63, 3.8) is 0 Å². The van der Waals surface area contributed by atoms with E-state index in [2.05, 4.69) is 22.1 Å². The van der Waals surface area contributed by atoms with Crippen molar-refractivity contribution in [2.24, 2.45) is 0 Å². The molecule has 2 aromatic carbocycles. The molecule has 0 saturated carbocycles. The van der Waals surface area contributed by atoms with Crippen molar-refractivity contribution >= 4 is 33.5 Å². The van der Waals surface area contributed by atoms with E-state index in [-0.39, 0.29) is 16.9 Å². The first kappa shape index (κ1) is 12.5. The average molecular weight is 296 g/mol. The number of nitro benzene ring substituents is 1. The van der Waals surface area contributed by atoms with E-state index in [9.17, 15) is 14.5 Å². The molecule has 22 heavy (non-hydrogen) atoms. The summed E-state index contributed by atoms with van der Waals surface area (Å²) in [7, 11) is 0. The van der Waals surface area contributed by atoms with Crippen LogP contribution in [0.5, 0.6) is 0 Å². The smallest absolute Gasteiger partial charge is 0.293 e. The van der Waals surface area contributed by atoms with E-state index in [0.717, 1.165) is 23.0 Å². The minimum atomic E-state index is -0.552. The lowest BCUT2D eigenvalue weighted by Crippen LogP contribution is -2.10. The van der Waals surface area contributed by atoms with Crippen LogP contribution in [0.2, 0.25) is 0 Å². The number of rotatable bonds is 1. The molecule has 0 fully saturated rings. The van der Waals surface area contributed by atoms with Gasteiger partial charge in [0.05, 0.1) is 16.6 Å². The number of halogens is 1. The van der Waals surface area contributed by atoms with Crippen LogP contribution in [0.15, 0.2) is 37.0 Å². The van der Waals surface area contributed by atoms with E-state index in [1.165, 1.54) is 0 Å². The highest BCUT2D eigenvalue weighted by Gasteiger charge is 2.30. The Balaban J connectivity index is 2.06. The fraction of sp³-hybridized carbons (Fsp3) is 0. The van der Waals surface area contributed by atoms with Crippen LogP contribution in [-0.4, -0.2) is 15.1 Å². The summed E-state index contributed by atoms with van der Waals surface area (Å²) in [5.41, 5.74) is 2.59. The van der Waals surface area contributed by atoms with Crippen LogP contribution < -0.4 is 5.32 Å². The van der Waals surface area contributed by atoms with E-state index in [0.29, 0.717) is 16.8 Å². The first-order chi connectivity index (χ1) is 10.6. The van der Waals surface area contributed by atoms with Crippen LogP contribution in [0, 0.1) is 15.9 Å². The Morgan fingerprint density at radius 1 is 1.23 bits per heavy atom. The van der Waals surface area contributed by atoms with Crippen molar-refractivity contribution in [2.45, 2.75) is 0 Å². The van der Waals surface area contributed by atoms with Gasteiger partial charge in [-0.25, -0.2) is 4.39 Å². The number of aromatic nitrogens is 2. The zero-order valence-electron chi connectivity index (χ0n) is 11.2. The van der Waals surface area contributed by atoms with E-state index in [1.807, 2.05) is 0 Å². The van der Waals surface area contributed by atoms with Gasteiger partial charge in [0.25, 0.3) is 5.69 Å². The Kier molecular flexibility index (Phi) is 2.35. The Morgan fingerprint density at radius 3 is 2.82 bits per heavy atom. The molecular formula is C15H9FN4O2. The molecular weight excluding hydrogens is 287 g/mol. The van der Waals surface area contributed by atoms with Crippen molar-refractivity contribution in [1.82, 2.24) is 10.2 Å². The van der Waals surface area contributed by atoms with Gasteiger partial charge in [-0.15, -0.1) is 0 Å². The summed E-state index contributed by atoms with van der Waals surface area (Å²) >= 11 is 0. The number of nitro groups is 1. The highest BCUT2D eigenvalue weighted by molar-refractivity contribution is 6.07. The van der Waals surface area contributed by atoms with E-state index < -0.39 is 10.7 Å². The Morgan fingerprint density at radius 2 is 2.05 bits per heavy atom. The van der Waals surface area contributed by atoms with Gasteiger partial charge in [0.2, 0.25) is 0 Å². The third-order valence-corrected chi connectivity index (χ3v) is 3.82. The molecule has 108 valence electrons. The van der Waals surface area contributed by atoms with Gasteiger partial charge in [-0.3, -0.25) is 15.2 Å². The molecule has 0 amide bonds. The van der Waals surface area contributed by atoms with Gasteiger partial charge in [0, 0.05) is 28.3 Å². The lowest BCUT2D eigenvalue weighted by atomic mass is 9.89. The molecule has 0 aliphatic carbocycles. The highest BCUT2D eigenvalue weighted by atomic mass is 19.1. The quantitative estimate of drug-likeness (QED) is 0.414. The molecule has 6 nitrogen and oxygen atoms in total. The summed E-state index contributed by atoms with van der Waals surface area (Å²) in [6.07, 6.45) is 1.63. The van der Waals surface area contributed by atoms with Crippen molar-refractivity contribution < 1.29 is 9.31 Å². The summed E-state index contributed by atoms with van der Waals surface area (Å²) < 4.78 is 14.2. The molecule has 3 aromatic rings. The number of benzene rings is 2. The van der Waals surface area contributed by atoms with Gasteiger partial charge < -0.3 is 5.32 Å². The van der Waals surface area contributed by atoms with E-state index in [1.54, 1.807) is 18.3 Å². The van der Waals surface area contributed by atoms with Gasteiger partial charge in [-0.05, 0) is 23.8 Å². The molecule has 4 rings (SSSR count). The molecule has 0 bridgehead atoms. The Bertz CT molecular complexity index is 977. The molecule has 1 aliphatic heterocycles. The number of H-pyrrole nitrogens is 1. The molecule has 1 aliphatic rings. The Hall–Kier alpha value is -3.22. The number of hydrogen-bond acceptors (Lipinski definition) is 4. The zero-order chi connectivity index (χ0) is 15.4. The summed E-state index contributed by atoms with van der Waals surface area (Å²) in [6, 6.07) is 5.80. The maximum Gasteiger partial charge on any atom is 0.293 e. The van der Waals surface area contributed by atoms with Crippen molar-refractivity contribution in [3.05, 3.63) is 64.1 Å². The molecule has 0 atom stereocenters. The molecule has 0 unspecified atom stereocenters. The molecule has 0 saturated heterocycles. The largest absolute Gasteiger partial charge is 0.349 e. The fourth-order valence-electron chi connectivity index (χ4n) is 2.85. The second-order valence-electron chi connectivity index (χ2n) is 5.00. The molecule has 2 N–H and O–H groups in total. The van der Waals surface area contributed by atoms with E-state index in [4.69, 9.17) is 0 Å². The molecule has 7 heteroatoms. The van der Waals surface area contributed by atoms with Crippen LogP contribution in [-0.2, 0) is 0 Å². The third kappa shape index (κ3) is 1.50. The third-order valence-electron chi connectivity index (χ3n) is 3.82. The maximum absolute atomic E-state index is 14.2. The van der Waals surface area contributed by atoms with Crippen molar-refractivity contribution in [1.29, 1.82) is 0 Å². The van der Waals surface area contributed by atoms with Gasteiger partial charge in [0.15, 0.2) is 0 Å². The highest BCUT2D eigenvalue weighted by Crippen LogP contribution is 2.47. The monoisotopic (exact) mass is 296 g/mol. The summed E-state index contributed by atoms with van der Waals surface area (Å²) in [5, 5.41) is 21.7. The van der Waals surface area contributed by atoms with E-state index >= 15 is 0 Å². The standard InChI is InChI=1S/C15H9FN4O2/c1-7-13-8-6-17-19-10(8)3-4-11(13)18-15-12(20(21)22)5-2-9(16)14(7)15/h2-6,18H,1H2,(H,17,19). The van der Waals surface area contributed by atoms with Crippen molar-refractivity contribution in [3.8, 4) is 0 Å². The summed E-state index contributed by atoms with van der Waals surface area (Å²) in [4.78, 5) is 10.6. The number of aromatic amines is 1. The van der Waals surface area contributed by atoms with Gasteiger partial charge in [-0.1, -0.05) is 6.58 Å². The number of nitrogens with zero attached hydrogens (tertiary/aromatic N) is 2. The first-order valence-corrected chi connectivity index (χ1v) is 6.47. The average Bonchev–Trinajstić information content (AvgIpc) is 2.95. The summed E-state index contributed by atoms with van der Waals surface area (Å²) in [6.45, 7) is 3.94. The minimum absolute atomic E-state index is 0.121. The predicted molar refractivity (Wildman–Crippen MR) is 80.6 cm³/mol. The van der Waals surface area contributed by atoms with Gasteiger partial charge in [-0.2, -0.15) is 5.10 Å². The number of hydrogen-bond donors (Lipinski definition) is 2. The SMILES string of the molecule is C=C1c2c(F)ccc([N+](=O)[O-])c2Nc2ccc3[nH]ncc3c21. The van der Waals surface area contributed by atoms with Crippen LogP contribution >= 0.6 is 0 Å². The predicted octanol–water partition coefficient (Wildman–Crippen LogP) is 3.73. The number of nitrogens with one attached hydrogen (secondary N) is 2. The normalized spacial score (nSPS) is 12.7. The lowest BCUT2D eigenvalue weighted by molar-refractivity contribution is -0.384. The fourth-order valence-corrected chi connectivity index (χ4v) is 2.85. The van der Waals surface area contributed by atoms with Crippen molar-refractivity contribution in [2.75, 3.05) is 5.32 Å². The second-order valence-corrected chi connectivity index (χ2v) is 5.00. The lowest BCUT2D eigenvalue weighted by Gasteiger charge is -2.24. The molecule has 2 heterocycles. The number of fused-ring (bicyclic) bond motifs is 4. The maximum atomic E-state index is 14.2. The summed E-state index contributed by atoms with van der Waals surface area (Å²) in [5.74, 6) is -0.552. The first-order valence-electron chi connectivity index (χ1n) is 6.47. The van der Waals surface area contributed by atoms with Crippen LogP contribution in [0.4, 0.5) is 21.5 Å². The molecule has 1 aromatic heterocycles. The number of anilines is 2. The molecule has 0 spiro atoms. The van der Waals surface area contributed by atoms with Crippen LogP contribution in [0.3, 0.4) is 0 Å². The minimum Gasteiger partial charge on any atom is -0.349 e. The topological polar surface area (TPSA) is 83.9 Å². The Labute approximate surface area is 123 Å². The zero-order valence-corrected chi connectivity index (χ0v) is 11.2. The van der Waals surface area contributed by atoms with Gasteiger partial charge >= 0.3 is 0 Å². The second kappa shape index (κ2) is 4.14. The van der Waals surface area contributed by atoms with Crippen LogP contribution in [0.1, 0.15) is 11.1 Å².